The van der Waals surface area contributed by atoms with E-state index in [2.05, 4.69) is 4.98 Å². The average Bonchev–Trinajstić information content (AvgIpc) is 2.73. The number of rotatable bonds is 4. The first-order chi connectivity index (χ1) is 8.58. The summed E-state index contributed by atoms with van der Waals surface area (Å²) in [6, 6.07) is 5.88. The zero-order valence-corrected chi connectivity index (χ0v) is 11.3. The number of imidazole rings is 1. The number of aromatic nitrogens is 2. The van der Waals surface area contributed by atoms with Crippen LogP contribution in [0.4, 0.5) is 0 Å². The first kappa shape index (κ1) is 12.7. The summed E-state index contributed by atoms with van der Waals surface area (Å²) in [5.74, 6) is 0.982. The van der Waals surface area contributed by atoms with E-state index in [9.17, 15) is 0 Å². The second-order valence-electron chi connectivity index (χ2n) is 4.16. The SMILES string of the molecule is Cc1cc(C(=N)N)ccc1CSc1nccn1C. The van der Waals surface area contributed by atoms with E-state index in [1.54, 1.807) is 18.0 Å². The standard InChI is InChI=1S/C13H16N4S/c1-9-7-10(12(14)15)3-4-11(9)8-18-13-16-5-6-17(13)2/h3-7H,8H2,1-2H3,(H3,14,15). The van der Waals surface area contributed by atoms with Crippen LogP contribution in [0.5, 0.6) is 0 Å². The normalized spacial score (nSPS) is 10.6. The molecule has 1 aromatic carbocycles. The molecule has 0 unspecified atom stereocenters. The molecular formula is C13H16N4S. The Morgan fingerprint density at radius 3 is 2.83 bits per heavy atom. The van der Waals surface area contributed by atoms with Crippen molar-refractivity contribution in [3.63, 3.8) is 0 Å². The van der Waals surface area contributed by atoms with Crippen molar-refractivity contribution in [2.24, 2.45) is 12.8 Å². The quantitative estimate of drug-likeness (QED) is 0.503. The lowest BCUT2D eigenvalue weighted by molar-refractivity contribution is 0.790. The Morgan fingerprint density at radius 2 is 2.28 bits per heavy atom. The maximum absolute atomic E-state index is 7.41. The van der Waals surface area contributed by atoms with Crippen LogP contribution < -0.4 is 5.73 Å². The molecule has 0 fully saturated rings. The number of nitrogens with zero attached hydrogens (tertiary/aromatic N) is 2. The van der Waals surface area contributed by atoms with Gasteiger partial charge in [0.15, 0.2) is 5.16 Å². The molecule has 0 aliphatic rings. The molecule has 3 N–H and O–H groups in total. The second-order valence-corrected chi connectivity index (χ2v) is 5.11. The van der Waals surface area contributed by atoms with E-state index < -0.39 is 0 Å². The van der Waals surface area contributed by atoms with Crippen molar-refractivity contribution in [3.05, 3.63) is 47.3 Å². The fourth-order valence-electron chi connectivity index (χ4n) is 1.66. The minimum absolute atomic E-state index is 0.112. The van der Waals surface area contributed by atoms with Gasteiger partial charge in [-0.15, -0.1) is 0 Å². The van der Waals surface area contributed by atoms with Crippen molar-refractivity contribution in [2.75, 3.05) is 0 Å². The Labute approximate surface area is 111 Å². The zero-order valence-electron chi connectivity index (χ0n) is 10.5. The minimum Gasteiger partial charge on any atom is -0.384 e. The van der Waals surface area contributed by atoms with Crippen LogP contribution >= 0.6 is 11.8 Å². The molecule has 1 aromatic heterocycles. The molecule has 0 saturated carbocycles. The molecule has 94 valence electrons. The number of hydrogen-bond acceptors (Lipinski definition) is 3. The number of benzene rings is 1. The van der Waals surface area contributed by atoms with Crippen LogP contribution in [0.2, 0.25) is 0 Å². The third-order valence-electron chi connectivity index (χ3n) is 2.79. The van der Waals surface area contributed by atoms with Gasteiger partial charge in [0.25, 0.3) is 0 Å². The number of amidine groups is 1. The topological polar surface area (TPSA) is 67.7 Å². The van der Waals surface area contributed by atoms with Crippen molar-refractivity contribution < 1.29 is 0 Å². The Morgan fingerprint density at radius 1 is 1.50 bits per heavy atom. The highest BCUT2D eigenvalue weighted by Gasteiger charge is 2.05. The fourth-order valence-corrected chi connectivity index (χ4v) is 2.67. The van der Waals surface area contributed by atoms with Crippen LogP contribution in [-0.4, -0.2) is 15.4 Å². The molecule has 0 bridgehead atoms. The van der Waals surface area contributed by atoms with Crippen LogP contribution in [0.3, 0.4) is 0 Å². The molecule has 0 aliphatic carbocycles. The molecule has 0 radical (unpaired) electrons. The van der Waals surface area contributed by atoms with Gasteiger partial charge in [0.2, 0.25) is 0 Å². The van der Waals surface area contributed by atoms with E-state index >= 15 is 0 Å². The molecule has 2 rings (SSSR count). The highest BCUT2D eigenvalue weighted by atomic mass is 32.2. The third kappa shape index (κ3) is 2.73. The van der Waals surface area contributed by atoms with Gasteiger partial charge in [-0.25, -0.2) is 4.98 Å². The Bertz CT molecular complexity index is 574. The smallest absolute Gasteiger partial charge is 0.167 e. The summed E-state index contributed by atoms with van der Waals surface area (Å²) in [5, 5.41) is 8.41. The van der Waals surface area contributed by atoms with Crippen LogP contribution in [0, 0.1) is 12.3 Å². The van der Waals surface area contributed by atoms with Gasteiger partial charge < -0.3 is 10.3 Å². The molecule has 5 heteroatoms. The van der Waals surface area contributed by atoms with E-state index in [1.807, 2.05) is 42.9 Å². The van der Waals surface area contributed by atoms with Gasteiger partial charge >= 0.3 is 0 Å². The van der Waals surface area contributed by atoms with Crippen molar-refractivity contribution >= 4 is 17.6 Å². The molecule has 0 aliphatic heterocycles. The highest BCUT2D eigenvalue weighted by Crippen LogP contribution is 2.23. The predicted octanol–water partition coefficient (Wildman–Crippen LogP) is 2.30. The lowest BCUT2D eigenvalue weighted by Crippen LogP contribution is -2.11. The van der Waals surface area contributed by atoms with Gasteiger partial charge in [-0.1, -0.05) is 23.9 Å². The van der Waals surface area contributed by atoms with Crippen molar-refractivity contribution in [3.8, 4) is 0 Å². The molecular weight excluding hydrogens is 244 g/mol. The number of nitrogens with two attached hydrogens (primary N) is 1. The summed E-state index contributed by atoms with van der Waals surface area (Å²) in [4.78, 5) is 4.28. The third-order valence-corrected chi connectivity index (χ3v) is 3.89. The van der Waals surface area contributed by atoms with Crippen LogP contribution in [0.1, 0.15) is 16.7 Å². The number of nitrogen functional groups attached to an aromatic ring is 1. The summed E-state index contributed by atoms with van der Waals surface area (Å²) in [6.07, 6.45) is 3.74. The largest absolute Gasteiger partial charge is 0.384 e. The van der Waals surface area contributed by atoms with E-state index in [1.165, 1.54) is 5.56 Å². The van der Waals surface area contributed by atoms with Crippen LogP contribution in [0.25, 0.3) is 0 Å². The molecule has 0 amide bonds. The zero-order chi connectivity index (χ0) is 13.1. The summed E-state index contributed by atoms with van der Waals surface area (Å²) < 4.78 is 2.00. The van der Waals surface area contributed by atoms with Crippen LogP contribution in [0.15, 0.2) is 35.7 Å². The first-order valence-corrected chi connectivity index (χ1v) is 6.60. The number of thioether (sulfide) groups is 1. The van der Waals surface area contributed by atoms with Crippen molar-refractivity contribution in [1.82, 2.24) is 9.55 Å². The van der Waals surface area contributed by atoms with Crippen LogP contribution in [-0.2, 0) is 12.8 Å². The van der Waals surface area contributed by atoms with E-state index in [4.69, 9.17) is 11.1 Å². The van der Waals surface area contributed by atoms with Gasteiger partial charge in [-0.2, -0.15) is 0 Å². The second kappa shape index (κ2) is 5.27. The monoisotopic (exact) mass is 260 g/mol. The molecule has 2 aromatic rings. The number of hydrogen-bond donors (Lipinski definition) is 2. The van der Waals surface area contributed by atoms with Crippen molar-refractivity contribution in [1.29, 1.82) is 5.41 Å². The molecule has 0 spiro atoms. The average molecular weight is 260 g/mol. The Balaban J connectivity index is 2.11. The van der Waals surface area contributed by atoms with Gasteiger partial charge in [0.1, 0.15) is 5.84 Å². The van der Waals surface area contributed by atoms with E-state index in [-0.39, 0.29) is 5.84 Å². The minimum atomic E-state index is 0.112. The van der Waals surface area contributed by atoms with Gasteiger partial charge in [-0.05, 0) is 24.1 Å². The summed E-state index contributed by atoms with van der Waals surface area (Å²) in [5.41, 5.74) is 8.64. The van der Waals surface area contributed by atoms with Gasteiger partial charge in [-0.3, -0.25) is 5.41 Å². The van der Waals surface area contributed by atoms with Crippen molar-refractivity contribution in [2.45, 2.75) is 17.8 Å². The summed E-state index contributed by atoms with van der Waals surface area (Å²) >= 11 is 1.70. The molecule has 0 saturated heterocycles. The molecule has 0 atom stereocenters. The summed E-state index contributed by atoms with van der Waals surface area (Å²) in [6.45, 7) is 2.04. The Kier molecular flexibility index (Phi) is 3.72. The maximum atomic E-state index is 7.41. The maximum Gasteiger partial charge on any atom is 0.167 e. The van der Waals surface area contributed by atoms with E-state index in [0.717, 1.165) is 22.0 Å². The molecule has 4 nitrogen and oxygen atoms in total. The predicted molar refractivity (Wildman–Crippen MR) is 75.0 cm³/mol. The first-order valence-electron chi connectivity index (χ1n) is 5.62. The van der Waals surface area contributed by atoms with Gasteiger partial charge in [0.05, 0.1) is 0 Å². The Hall–Kier alpha value is -1.75. The number of nitrogens with one attached hydrogen (secondary N) is 1. The summed E-state index contributed by atoms with van der Waals surface area (Å²) in [7, 11) is 1.99. The molecule has 1 heterocycles. The van der Waals surface area contributed by atoms with Gasteiger partial charge in [0, 0.05) is 30.8 Å². The fraction of sp³-hybridized carbons (Fsp3) is 0.231. The molecule has 18 heavy (non-hydrogen) atoms. The lowest BCUT2D eigenvalue weighted by atomic mass is 10.1. The lowest BCUT2D eigenvalue weighted by Gasteiger charge is -2.07. The highest BCUT2D eigenvalue weighted by molar-refractivity contribution is 7.98. The van der Waals surface area contributed by atoms with E-state index in [0.29, 0.717) is 0 Å². The number of aryl methyl sites for hydroxylation is 2.